The number of hydrogen-bond donors (Lipinski definition) is 3. The van der Waals surface area contributed by atoms with E-state index in [2.05, 4.69) is 5.32 Å². The Morgan fingerprint density at radius 1 is 1.40 bits per heavy atom. The molecule has 1 heterocycles. The van der Waals surface area contributed by atoms with E-state index in [1.54, 1.807) is 0 Å². The minimum absolute atomic E-state index is 0.289. The smallest absolute Gasteiger partial charge is 0.261 e. The first kappa shape index (κ1) is 14.2. The van der Waals surface area contributed by atoms with Gasteiger partial charge in [-0.1, -0.05) is 24.3 Å². The molecule has 2 aromatic rings. The maximum atomic E-state index is 11.3. The summed E-state index contributed by atoms with van der Waals surface area (Å²) in [4.78, 5) is 11.6. The largest absolute Gasteiger partial charge is 0.492 e. The molecule has 0 atom stereocenters. The monoisotopic (exact) mass is 291 g/mol. The first-order chi connectivity index (χ1) is 9.54. The first-order valence-corrected chi connectivity index (χ1v) is 6.90. The van der Waals surface area contributed by atoms with E-state index in [0.29, 0.717) is 22.2 Å². The van der Waals surface area contributed by atoms with Crippen LogP contribution in [0.15, 0.2) is 24.3 Å². The fourth-order valence-corrected chi connectivity index (χ4v) is 2.85. The third-order valence-electron chi connectivity index (χ3n) is 3.03. The number of nitrogens with one attached hydrogen (secondary N) is 1. The zero-order valence-electron chi connectivity index (χ0n) is 11.4. The molecule has 20 heavy (non-hydrogen) atoms. The minimum Gasteiger partial charge on any atom is -0.492 e. The lowest BCUT2D eigenvalue weighted by Gasteiger charge is -2.09. The Bertz CT molecular complexity index is 637. The molecule has 1 aromatic heterocycles. The number of hydrogen-bond acceptors (Lipinski definition) is 5. The van der Waals surface area contributed by atoms with Gasteiger partial charge in [-0.05, 0) is 18.1 Å². The summed E-state index contributed by atoms with van der Waals surface area (Å²) in [6.45, 7) is 2.67. The van der Waals surface area contributed by atoms with Crippen molar-refractivity contribution in [1.82, 2.24) is 0 Å². The molecule has 0 spiro atoms. The number of benzene rings is 1. The zero-order valence-corrected chi connectivity index (χ0v) is 12.2. The van der Waals surface area contributed by atoms with Crippen molar-refractivity contribution in [3.05, 3.63) is 40.3 Å². The quantitative estimate of drug-likeness (QED) is 0.788. The van der Waals surface area contributed by atoms with Gasteiger partial charge in [-0.3, -0.25) is 4.79 Å². The molecule has 0 radical (unpaired) electrons. The van der Waals surface area contributed by atoms with Crippen molar-refractivity contribution < 1.29 is 9.53 Å². The van der Waals surface area contributed by atoms with Crippen molar-refractivity contribution >= 4 is 27.9 Å². The fraction of sp³-hybridized carbons (Fsp3) is 0.214. The number of carbonyl (C=O) groups excluding carboxylic acids is 1. The lowest BCUT2D eigenvalue weighted by molar-refractivity contribution is 0.100. The van der Waals surface area contributed by atoms with Crippen molar-refractivity contribution in [2.75, 3.05) is 18.2 Å². The maximum absolute atomic E-state index is 11.3. The number of amides is 1. The van der Waals surface area contributed by atoms with Gasteiger partial charge in [0.15, 0.2) is 5.75 Å². The van der Waals surface area contributed by atoms with Crippen LogP contribution in [0.1, 0.15) is 20.8 Å². The molecule has 0 aliphatic rings. The predicted octanol–water partition coefficient (Wildman–Crippen LogP) is 2.36. The van der Waals surface area contributed by atoms with Crippen LogP contribution >= 0.6 is 11.3 Å². The van der Waals surface area contributed by atoms with Crippen molar-refractivity contribution in [3.8, 4) is 5.75 Å². The van der Waals surface area contributed by atoms with E-state index in [-0.39, 0.29) is 5.69 Å². The Morgan fingerprint density at radius 2 is 2.10 bits per heavy atom. The van der Waals surface area contributed by atoms with Crippen LogP contribution < -0.4 is 21.5 Å². The van der Waals surface area contributed by atoms with E-state index in [4.69, 9.17) is 16.2 Å². The number of carbonyl (C=O) groups is 1. The Balaban J connectivity index is 2.24. The predicted molar refractivity (Wildman–Crippen MR) is 82.3 cm³/mol. The number of nitrogen functional groups attached to an aromatic ring is 1. The van der Waals surface area contributed by atoms with Gasteiger partial charge >= 0.3 is 0 Å². The molecule has 5 nitrogen and oxygen atoms in total. The number of methoxy groups -OCH3 is 1. The van der Waals surface area contributed by atoms with Gasteiger partial charge in [0.1, 0.15) is 15.6 Å². The lowest BCUT2D eigenvalue weighted by atomic mass is 10.1. The SMILES string of the molecule is COc1c(NCc2ccccc2C)sc(C(N)=O)c1N. The summed E-state index contributed by atoms with van der Waals surface area (Å²) in [6, 6.07) is 8.07. The van der Waals surface area contributed by atoms with E-state index in [0.717, 1.165) is 0 Å². The molecule has 0 aliphatic carbocycles. The van der Waals surface area contributed by atoms with Crippen molar-refractivity contribution in [2.24, 2.45) is 5.73 Å². The van der Waals surface area contributed by atoms with Crippen LogP contribution in [0.4, 0.5) is 10.7 Å². The number of ether oxygens (including phenoxy) is 1. The molecule has 0 bridgehead atoms. The molecule has 106 valence electrons. The molecule has 6 heteroatoms. The normalized spacial score (nSPS) is 10.3. The summed E-state index contributed by atoms with van der Waals surface area (Å²) < 4.78 is 5.24. The van der Waals surface area contributed by atoms with Crippen LogP contribution in [-0.4, -0.2) is 13.0 Å². The number of primary amides is 1. The Labute approximate surface area is 121 Å². The zero-order chi connectivity index (χ0) is 14.7. The highest BCUT2D eigenvalue weighted by Gasteiger charge is 2.19. The third-order valence-corrected chi connectivity index (χ3v) is 4.19. The van der Waals surface area contributed by atoms with Gasteiger partial charge in [0.05, 0.1) is 7.11 Å². The maximum Gasteiger partial charge on any atom is 0.261 e. The molecule has 1 amide bonds. The fourth-order valence-electron chi connectivity index (χ4n) is 1.91. The third kappa shape index (κ3) is 2.70. The van der Waals surface area contributed by atoms with Gasteiger partial charge in [0.2, 0.25) is 0 Å². The second-order valence-electron chi connectivity index (χ2n) is 4.35. The van der Waals surface area contributed by atoms with Gasteiger partial charge in [0, 0.05) is 6.54 Å². The molecule has 1 aromatic carbocycles. The average molecular weight is 291 g/mol. The van der Waals surface area contributed by atoms with Gasteiger partial charge in [-0.2, -0.15) is 0 Å². The summed E-state index contributed by atoms with van der Waals surface area (Å²) in [5.41, 5.74) is 13.8. The average Bonchev–Trinajstić information content (AvgIpc) is 2.74. The van der Waals surface area contributed by atoms with E-state index >= 15 is 0 Å². The highest BCUT2D eigenvalue weighted by molar-refractivity contribution is 7.19. The Hall–Kier alpha value is -2.21. The number of aryl methyl sites for hydroxylation is 1. The molecule has 0 unspecified atom stereocenters. The number of anilines is 2. The molecule has 5 N–H and O–H groups in total. The Morgan fingerprint density at radius 3 is 2.70 bits per heavy atom. The summed E-state index contributed by atoms with van der Waals surface area (Å²) in [5, 5.41) is 3.95. The number of thiophene rings is 1. The van der Waals surface area contributed by atoms with E-state index in [1.165, 1.54) is 29.6 Å². The van der Waals surface area contributed by atoms with Gasteiger partial charge in [-0.25, -0.2) is 0 Å². The van der Waals surface area contributed by atoms with Crippen molar-refractivity contribution in [2.45, 2.75) is 13.5 Å². The van der Waals surface area contributed by atoms with E-state index < -0.39 is 5.91 Å². The second kappa shape index (κ2) is 5.83. The molecule has 2 rings (SSSR count). The molecule has 0 fully saturated rings. The molecule has 0 saturated heterocycles. The lowest BCUT2D eigenvalue weighted by Crippen LogP contribution is -2.10. The summed E-state index contributed by atoms with van der Waals surface area (Å²) in [7, 11) is 1.52. The molecule has 0 saturated carbocycles. The highest BCUT2D eigenvalue weighted by Crippen LogP contribution is 2.42. The summed E-state index contributed by atoms with van der Waals surface area (Å²) in [6.07, 6.45) is 0. The molecule has 0 aliphatic heterocycles. The minimum atomic E-state index is -0.547. The van der Waals surface area contributed by atoms with E-state index in [1.807, 2.05) is 31.2 Å². The van der Waals surface area contributed by atoms with Crippen LogP contribution in [0.25, 0.3) is 0 Å². The Kier molecular flexibility index (Phi) is 4.14. The topological polar surface area (TPSA) is 90.4 Å². The molecular weight excluding hydrogens is 274 g/mol. The van der Waals surface area contributed by atoms with E-state index in [9.17, 15) is 4.79 Å². The summed E-state index contributed by atoms with van der Waals surface area (Å²) in [5.74, 6) is -0.0767. The standard InChI is InChI=1S/C14H17N3O2S/c1-8-5-3-4-6-9(8)7-17-14-11(19-2)10(15)12(20-14)13(16)18/h3-6,17H,7,15H2,1-2H3,(H2,16,18). The first-order valence-electron chi connectivity index (χ1n) is 6.09. The van der Waals surface area contributed by atoms with Gasteiger partial charge in [0.25, 0.3) is 5.91 Å². The van der Waals surface area contributed by atoms with Gasteiger partial charge < -0.3 is 21.5 Å². The second-order valence-corrected chi connectivity index (χ2v) is 5.37. The van der Waals surface area contributed by atoms with Crippen molar-refractivity contribution in [1.29, 1.82) is 0 Å². The van der Waals surface area contributed by atoms with Crippen LogP contribution in [0.3, 0.4) is 0 Å². The van der Waals surface area contributed by atoms with Crippen LogP contribution in [0.2, 0.25) is 0 Å². The van der Waals surface area contributed by atoms with Gasteiger partial charge in [-0.15, -0.1) is 11.3 Å². The number of rotatable bonds is 5. The highest BCUT2D eigenvalue weighted by atomic mass is 32.1. The van der Waals surface area contributed by atoms with Crippen LogP contribution in [-0.2, 0) is 6.54 Å². The number of nitrogens with two attached hydrogens (primary N) is 2. The molecular formula is C14H17N3O2S. The van der Waals surface area contributed by atoms with Crippen LogP contribution in [0.5, 0.6) is 5.75 Å². The summed E-state index contributed by atoms with van der Waals surface area (Å²) >= 11 is 1.21. The van der Waals surface area contributed by atoms with Crippen LogP contribution in [0, 0.1) is 6.92 Å². The van der Waals surface area contributed by atoms with Crippen molar-refractivity contribution in [3.63, 3.8) is 0 Å².